The van der Waals surface area contributed by atoms with Gasteiger partial charge >= 0.3 is 5.97 Å². The van der Waals surface area contributed by atoms with E-state index in [2.05, 4.69) is 6.58 Å². The molecule has 0 heterocycles. The average molecular weight is 321 g/mol. The van der Waals surface area contributed by atoms with Crippen LogP contribution >= 0.6 is 0 Å². The van der Waals surface area contributed by atoms with Crippen LogP contribution in [0.3, 0.4) is 0 Å². The summed E-state index contributed by atoms with van der Waals surface area (Å²) in [7, 11) is -4.15. The Morgan fingerprint density at radius 2 is 1.71 bits per heavy atom. The largest absolute Gasteiger partial charge is 0.748 e. The van der Waals surface area contributed by atoms with Gasteiger partial charge in [0.1, 0.15) is 0 Å². The lowest BCUT2D eigenvalue weighted by atomic mass is 10.2. The molecule has 0 rings (SSSR count). The highest BCUT2D eigenvalue weighted by Gasteiger charge is 2.22. The van der Waals surface area contributed by atoms with E-state index >= 15 is 0 Å². The summed E-state index contributed by atoms with van der Waals surface area (Å²) in [6.45, 7) is 12.6. The zero-order valence-corrected chi connectivity index (χ0v) is 14.1. The number of ether oxygens (including phenoxy) is 1. The van der Waals surface area contributed by atoms with Crippen molar-refractivity contribution in [1.29, 1.82) is 0 Å². The molecule has 0 aliphatic heterocycles. The average Bonchev–Trinajstić information content (AvgIpc) is 2.40. The van der Waals surface area contributed by atoms with Gasteiger partial charge in [0.2, 0.25) is 0 Å². The van der Waals surface area contributed by atoms with Crippen LogP contribution in [0.5, 0.6) is 0 Å². The molecule has 0 aromatic rings. The number of hydrogen-bond acceptors (Lipinski definition) is 5. The second-order valence-electron chi connectivity index (χ2n) is 5.31. The van der Waals surface area contributed by atoms with Crippen molar-refractivity contribution in [3.05, 3.63) is 12.2 Å². The molecule has 0 aliphatic rings. The van der Waals surface area contributed by atoms with Crippen LogP contribution in [-0.4, -0.2) is 62.0 Å². The molecular formula is C14H27NO5S. The zero-order chi connectivity index (χ0) is 16.5. The molecule has 0 amide bonds. The third kappa shape index (κ3) is 8.85. The Morgan fingerprint density at radius 1 is 1.19 bits per heavy atom. The number of carbonyl (C=O) groups excluding carboxylic acids is 1. The molecule has 6 nitrogen and oxygen atoms in total. The van der Waals surface area contributed by atoms with Crippen LogP contribution in [0, 0.1) is 0 Å². The van der Waals surface area contributed by atoms with E-state index in [9.17, 15) is 17.8 Å². The van der Waals surface area contributed by atoms with Gasteiger partial charge in [0.15, 0.2) is 0 Å². The fourth-order valence-electron chi connectivity index (χ4n) is 2.23. The minimum absolute atomic E-state index is 0.322. The quantitative estimate of drug-likeness (QED) is 0.188. The van der Waals surface area contributed by atoms with Crippen LogP contribution < -0.4 is 0 Å². The van der Waals surface area contributed by atoms with Crippen molar-refractivity contribution in [3.8, 4) is 0 Å². The highest BCUT2D eigenvalue weighted by atomic mass is 32.2. The summed E-state index contributed by atoms with van der Waals surface area (Å²) in [5.74, 6) is -0.712. The summed E-state index contributed by atoms with van der Waals surface area (Å²) in [5, 5.41) is 0. The molecule has 0 saturated heterocycles. The molecule has 0 bridgehead atoms. The van der Waals surface area contributed by atoms with E-state index in [4.69, 9.17) is 4.74 Å². The van der Waals surface area contributed by atoms with Gasteiger partial charge in [0, 0.05) is 24.2 Å². The SMILES string of the molecule is C=C(C)C(=O)OCCC[N+](CC)(CC)CCCS(=O)(=O)[O-]. The van der Waals surface area contributed by atoms with Gasteiger partial charge in [-0.3, -0.25) is 0 Å². The maximum atomic E-state index is 11.3. The monoisotopic (exact) mass is 321 g/mol. The summed E-state index contributed by atoms with van der Waals surface area (Å²) >= 11 is 0. The van der Waals surface area contributed by atoms with Gasteiger partial charge in [-0.15, -0.1) is 0 Å². The van der Waals surface area contributed by atoms with Gasteiger partial charge in [-0.25, -0.2) is 13.2 Å². The van der Waals surface area contributed by atoms with Crippen molar-refractivity contribution in [2.45, 2.75) is 33.6 Å². The van der Waals surface area contributed by atoms with Crippen LogP contribution in [0.2, 0.25) is 0 Å². The number of esters is 1. The Balaban J connectivity index is 4.27. The first kappa shape index (κ1) is 20.1. The van der Waals surface area contributed by atoms with Gasteiger partial charge in [-0.1, -0.05) is 6.58 Å². The van der Waals surface area contributed by atoms with Gasteiger partial charge < -0.3 is 13.8 Å². The number of carbonyl (C=O) groups is 1. The van der Waals surface area contributed by atoms with Gasteiger partial charge in [-0.05, 0) is 20.8 Å². The molecule has 21 heavy (non-hydrogen) atoms. The molecule has 0 spiro atoms. The standard InChI is InChI=1S/C14H27NO5S/c1-5-15(6-2,10-8-12-21(17,18)19)9-7-11-20-14(16)13(3)4/h3,5-12H2,1-2,4H3. The zero-order valence-electron chi connectivity index (χ0n) is 13.3. The molecule has 7 heteroatoms. The summed E-state index contributed by atoms with van der Waals surface area (Å²) in [5.41, 5.74) is 0.377. The lowest BCUT2D eigenvalue weighted by molar-refractivity contribution is -0.925. The molecule has 0 saturated carbocycles. The maximum Gasteiger partial charge on any atom is 0.333 e. The van der Waals surface area contributed by atoms with E-state index in [1.807, 2.05) is 13.8 Å². The second-order valence-corrected chi connectivity index (χ2v) is 6.83. The molecular weight excluding hydrogens is 294 g/mol. The molecule has 0 radical (unpaired) electrons. The van der Waals surface area contributed by atoms with E-state index < -0.39 is 16.1 Å². The lowest BCUT2D eigenvalue weighted by Crippen LogP contribution is -2.49. The Morgan fingerprint density at radius 3 is 2.14 bits per heavy atom. The summed E-state index contributed by atoms with van der Waals surface area (Å²) in [6, 6.07) is 0. The highest BCUT2D eigenvalue weighted by Crippen LogP contribution is 2.10. The molecule has 0 aromatic carbocycles. The van der Waals surface area contributed by atoms with Gasteiger partial charge in [0.05, 0.1) is 42.9 Å². The molecule has 0 N–H and O–H groups in total. The number of quaternary nitrogens is 1. The third-order valence-electron chi connectivity index (χ3n) is 3.73. The Kier molecular flexibility index (Phi) is 8.77. The van der Waals surface area contributed by atoms with Crippen LogP contribution in [0.4, 0.5) is 0 Å². The third-order valence-corrected chi connectivity index (χ3v) is 4.52. The van der Waals surface area contributed by atoms with E-state index in [1.54, 1.807) is 6.92 Å². The van der Waals surface area contributed by atoms with Crippen molar-refractivity contribution in [2.24, 2.45) is 0 Å². The van der Waals surface area contributed by atoms with Crippen molar-refractivity contribution in [2.75, 3.05) is 38.5 Å². The molecule has 0 fully saturated rings. The summed E-state index contributed by atoms with van der Waals surface area (Å²) in [6.07, 6.45) is 1.06. The van der Waals surface area contributed by atoms with Crippen molar-refractivity contribution in [3.63, 3.8) is 0 Å². The summed E-state index contributed by atoms with van der Waals surface area (Å²) in [4.78, 5) is 11.3. The van der Waals surface area contributed by atoms with E-state index in [-0.39, 0.29) is 5.75 Å². The van der Waals surface area contributed by atoms with E-state index in [0.717, 1.165) is 24.1 Å². The fourth-order valence-corrected chi connectivity index (χ4v) is 2.72. The van der Waals surface area contributed by atoms with Crippen LogP contribution in [0.1, 0.15) is 33.6 Å². The number of rotatable bonds is 11. The van der Waals surface area contributed by atoms with Crippen LogP contribution in [-0.2, 0) is 19.6 Å². The van der Waals surface area contributed by atoms with Gasteiger partial charge in [0.25, 0.3) is 0 Å². The fraction of sp³-hybridized carbons (Fsp3) is 0.786. The minimum Gasteiger partial charge on any atom is -0.748 e. The molecule has 0 aliphatic carbocycles. The maximum absolute atomic E-state index is 11.3. The first-order valence-corrected chi connectivity index (χ1v) is 8.85. The first-order chi connectivity index (χ1) is 9.66. The predicted octanol–water partition coefficient (Wildman–Crippen LogP) is 1.29. The van der Waals surface area contributed by atoms with Crippen LogP contribution in [0.25, 0.3) is 0 Å². The Labute approximate surface area is 128 Å². The highest BCUT2D eigenvalue weighted by molar-refractivity contribution is 7.85. The minimum atomic E-state index is -4.15. The van der Waals surface area contributed by atoms with Gasteiger partial charge in [-0.2, -0.15) is 0 Å². The Hall–Kier alpha value is -0.920. The topological polar surface area (TPSA) is 83.5 Å². The van der Waals surface area contributed by atoms with Crippen molar-refractivity contribution >= 4 is 16.1 Å². The summed E-state index contributed by atoms with van der Waals surface area (Å²) < 4.78 is 37.8. The normalized spacial score (nSPS) is 12.2. The van der Waals surface area contributed by atoms with Crippen molar-refractivity contribution in [1.82, 2.24) is 0 Å². The molecule has 0 aromatic heterocycles. The molecule has 124 valence electrons. The van der Waals surface area contributed by atoms with E-state index in [0.29, 0.717) is 31.6 Å². The molecule has 0 unspecified atom stereocenters. The van der Waals surface area contributed by atoms with Crippen LogP contribution in [0.15, 0.2) is 12.2 Å². The smallest absolute Gasteiger partial charge is 0.333 e. The van der Waals surface area contributed by atoms with E-state index in [1.165, 1.54) is 0 Å². The number of nitrogens with zero attached hydrogens (tertiary/aromatic N) is 1. The number of hydrogen-bond donors (Lipinski definition) is 0. The Bertz CT molecular complexity index is 440. The molecule has 0 atom stereocenters. The predicted molar refractivity (Wildman–Crippen MR) is 80.6 cm³/mol. The lowest BCUT2D eigenvalue weighted by Gasteiger charge is -2.37. The first-order valence-electron chi connectivity index (χ1n) is 7.27. The second kappa shape index (κ2) is 9.17. The van der Waals surface area contributed by atoms with Crippen molar-refractivity contribution < 1.29 is 27.0 Å².